The third-order valence-electron chi connectivity index (χ3n) is 15.0. The van der Waals surface area contributed by atoms with E-state index in [1.807, 2.05) is 37.3 Å². The molecule has 0 heterocycles. The first-order chi connectivity index (χ1) is 22.1. The lowest BCUT2D eigenvalue weighted by atomic mass is 9.32. The van der Waals surface area contributed by atoms with Crippen molar-refractivity contribution in [2.24, 2.45) is 56.7 Å². The number of carbonyl (C=O) groups excluding carboxylic acids is 2. The Bertz CT molecular complexity index is 1440. The van der Waals surface area contributed by atoms with Crippen molar-refractivity contribution in [2.75, 3.05) is 13.7 Å². The molecule has 13 atom stereocenters. The summed E-state index contributed by atoms with van der Waals surface area (Å²) in [5, 5.41) is 34.9. The smallest absolute Gasteiger partial charge is 0.331 e. The molecule has 47 heavy (non-hydrogen) atoms. The van der Waals surface area contributed by atoms with Gasteiger partial charge in [-0.3, -0.25) is 4.79 Å². The van der Waals surface area contributed by atoms with Crippen LogP contribution in [0.2, 0.25) is 0 Å². The van der Waals surface area contributed by atoms with Gasteiger partial charge in [-0.2, -0.15) is 0 Å². The fraction of sp³-hybridized carbons (Fsp3) is 0.700. The minimum Gasteiger partial charge on any atom is -0.469 e. The van der Waals surface area contributed by atoms with Gasteiger partial charge in [-0.1, -0.05) is 83.5 Å². The first kappa shape index (κ1) is 34.4. The summed E-state index contributed by atoms with van der Waals surface area (Å²) in [6.45, 7) is 13.0. The average Bonchev–Trinajstić information content (AvgIpc) is 3.04. The van der Waals surface area contributed by atoms with E-state index in [1.165, 1.54) is 18.8 Å². The van der Waals surface area contributed by atoms with Crippen molar-refractivity contribution in [1.82, 2.24) is 0 Å². The number of allylic oxidation sites excluding steroid dienone is 2. The van der Waals surface area contributed by atoms with Gasteiger partial charge in [0.15, 0.2) is 0 Å². The van der Waals surface area contributed by atoms with Crippen molar-refractivity contribution < 1.29 is 34.4 Å². The third-order valence-corrected chi connectivity index (χ3v) is 15.0. The van der Waals surface area contributed by atoms with Gasteiger partial charge in [0.1, 0.15) is 6.10 Å². The van der Waals surface area contributed by atoms with Crippen LogP contribution in [0.25, 0.3) is 6.08 Å². The molecule has 1 aromatic carbocycles. The summed E-state index contributed by atoms with van der Waals surface area (Å²) < 4.78 is 11.5. The Kier molecular flexibility index (Phi) is 8.66. The second-order valence-corrected chi connectivity index (χ2v) is 17.0. The van der Waals surface area contributed by atoms with E-state index in [0.717, 1.165) is 37.7 Å². The Hall–Kier alpha value is -2.48. The maximum absolute atomic E-state index is 13.6. The Morgan fingerprint density at radius 3 is 2.36 bits per heavy atom. The predicted octanol–water partition coefficient (Wildman–Crippen LogP) is 6.36. The quantitative estimate of drug-likeness (QED) is 0.194. The molecule has 0 aliphatic heterocycles. The Labute approximate surface area is 280 Å². The maximum atomic E-state index is 13.6. The van der Waals surface area contributed by atoms with Gasteiger partial charge in [0, 0.05) is 17.4 Å². The van der Waals surface area contributed by atoms with Crippen LogP contribution in [0, 0.1) is 56.7 Å². The largest absolute Gasteiger partial charge is 0.469 e. The number of aliphatic hydroxyl groups is 3. The third kappa shape index (κ3) is 4.84. The second kappa shape index (κ2) is 11.8. The molecule has 0 spiro atoms. The van der Waals surface area contributed by atoms with E-state index in [1.54, 1.807) is 6.08 Å². The molecule has 0 bridgehead atoms. The Morgan fingerprint density at radius 1 is 1.00 bits per heavy atom. The molecule has 0 radical (unpaired) electrons. The summed E-state index contributed by atoms with van der Waals surface area (Å²) in [4.78, 5) is 26.8. The molecule has 7 heteroatoms. The Morgan fingerprint density at radius 2 is 1.70 bits per heavy atom. The highest BCUT2D eigenvalue weighted by Gasteiger charge is 2.73. The number of hydrogen-bond acceptors (Lipinski definition) is 7. The summed E-state index contributed by atoms with van der Waals surface area (Å²) in [5.74, 6) is -0.0322. The van der Waals surface area contributed by atoms with Gasteiger partial charge in [-0.05, 0) is 96.5 Å². The van der Waals surface area contributed by atoms with Crippen LogP contribution in [-0.2, 0) is 19.1 Å². The molecule has 0 amide bonds. The first-order valence-electron chi connectivity index (χ1n) is 17.8. The SMILES string of the molecule is COC(=O)[C@]12CC[C@@H](C)[C@H](C)[C@H]1C1=CC[C@@H]3[C@@]4(C)C[C@@H](OC(=O)/C=C/c5ccccc5)[C@H](O)[C@@](C)(CO)[C@@H]4[C@H](O)C[C@@]3(C)[C@]1(C)CC2. The van der Waals surface area contributed by atoms with Crippen LogP contribution in [0.3, 0.4) is 0 Å². The van der Waals surface area contributed by atoms with Gasteiger partial charge in [0.25, 0.3) is 0 Å². The summed E-state index contributed by atoms with van der Waals surface area (Å²) in [6, 6.07) is 9.51. The second-order valence-electron chi connectivity index (χ2n) is 17.0. The predicted molar refractivity (Wildman–Crippen MR) is 181 cm³/mol. The van der Waals surface area contributed by atoms with Crippen molar-refractivity contribution in [3.8, 4) is 0 Å². The van der Waals surface area contributed by atoms with Crippen LogP contribution in [0.4, 0.5) is 0 Å². The van der Waals surface area contributed by atoms with E-state index in [9.17, 15) is 24.9 Å². The molecule has 5 aliphatic carbocycles. The van der Waals surface area contributed by atoms with E-state index in [4.69, 9.17) is 9.47 Å². The highest BCUT2D eigenvalue weighted by molar-refractivity contribution is 5.87. The van der Waals surface area contributed by atoms with Gasteiger partial charge < -0.3 is 24.8 Å². The van der Waals surface area contributed by atoms with Crippen LogP contribution in [0.15, 0.2) is 48.1 Å². The van der Waals surface area contributed by atoms with Gasteiger partial charge in [-0.25, -0.2) is 4.79 Å². The summed E-state index contributed by atoms with van der Waals surface area (Å²) in [5.41, 5.74) is -0.519. The van der Waals surface area contributed by atoms with Gasteiger partial charge in [0.2, 0.25) is 0 Å². The number of hydrogen-bond donors (Lipinski definition) is 3. The number of carbonyl (C=O) groups is 2. The van der Waals surface area contributed by atoms with Crippen molar-refractivity contribution in [3.63, 3.8) is 0 Å². The van der Waals surface area contributed by atoms with E-state index in [-0.39, 0.29) is 35.2 Å². The lowest BCUT2D eigenvalue weighted by Crippen LogP contribution is -2.71. The number of rotatable bonds is 5. The molecule has 4 saturated carbocycles. The van der Waals surface area contributed by atoms with Gasteiger partial charge in [0.05, 0.1) is 31.3 Å². The number of methoxy groups -OCH3 is 1. The fourth-order valence-electron chi connectivity index (χ4n) is 12.4. The van der Waals surface area contributed by atoms with Crippen LogP contribution in [0.5, 0.6) is 0 Å². The van der Waals surface area contributed by atoms with Crippen molar-refractivity contribution in [2.45, 2.75) is 105 Å². The van der Waals surface area contributed by atoms with Crippen LogP contribution < -0.4 is 0 Å². The van der Waals surface area contributed by atoms with Crippen molar-refractivity contribution in [1.29, 1.82) is 0 Å². The molecular formula is C40H56O7. The zero-order valence-electron chi connectivity index (χ0n) is 29.4. The number of aliphatic hydroxyl groups excluding tert-OH is 3. The molecule has 0 aromatic heterocycles. The molecule has 6 rings (SSSR count). The number of fused-ring (bicyclic) bond motifs is 7. The van der Waals surface area contributed by atoms with Crippen LogP contribution in [-0.4, -0.2) is 59.3 Å². The van der Waals surface area contributed by atoms with Crippen LogP contribution in [0.1, 0.15) is 92.1 Å². The first-order valence-corrected chi connectivity index (χ1v) is 17.8. The highest BCUT2D eigenvalue weighted by Crippen LogP contribution is 2.76. The van der Waals surface area contributed by atoms with E-state index < -0.39 is 46.4 Å². The molecule has 3 N–H and O–H groups in total. The van der Waals surface area contributed by atoms with Crippen molar-refractivity contribution >= 4 is 18.0 Å². The normalized spacial score (nSPS) is 47.5. The minimum atomic E-state index is -1.14. The van der Waals surface area contributed by atoms with E-state index in [0.29, 0.717) is 24.7 Å². The lowest BCUT2D eigenvalue weighted by molar-refractivity contribution is -0.275. The number of ether oxygens (including phenoxy) is 2. The van der Waals surface area contributed by atoms with E-state index >= 15 is 0 Å². The molecule has 0 unspecified atom stereocenters. The van der Waals surface area contributed by atoms with Crippen molar-refractivity contribution in [3.05, 3.63) is 53.6 Å². The fourth-order valence-corrected chi connectivity index (χ4v) is 12.4. The average molecular weight is 649 g/mol. The molecule has 1 aromatic rings. The topological polar surface area (TPSA) is 113 Å². The monoisotopic (exact) mass is 648 g/mol. The zero-order chi connectivity index (χ0) is 34.2. The molecular weight excluding hydrogens is 592 g/mol. The molecule has 0 saturated heterocycles. The minimum absolute atomic E-state index is 0.0823. The Balaban J connectivity index is 1.39. The molecule has 7 nitrogen and oxygen atoms in total. The number of esters is 2. The lowest BCUT2D eigenvalue weighted by Gasteiger charge is -2.72. The number of benzene rings is 1. The van der Waals surface area contributed by atoms with Gasteiger partial charge >= 0.3 is 11.9 Å². The molecule has 258 valence electrons. The standard InChI is InChI=1S/C40H56O7/c1-24-17-18-40(35(45)46-7)20-19-38(5)27(32(40)25(24)2)14-15-30-36(3)22-29(47-31(43)16-13-26-11-9-8-10-12-26)34(44)37(4,23-41)33(36)28(42)21-39(30,38)6/h8-14,16,24-25,28-30,32-34,41-42,44H,15,17-23H2,1-7H3/b16-13+/t24-,25+,28-,29-,30-,32+,33-,34+,36-,37+,38-,39-,40+/m1/s1. The summed E-state index contributed by atoms with van der Waals surface area (Å²) >= 11 is 0. The molecule has 5 aliphatic rings. The highest BCUT2D eigenvalue weighted by atomic mass is 16.6. The van der Waals surface area contributed by atoms with E-state index in [2.05, 4.69) is 40.7 Å². The summed E-state index contributed by atoms with van der Waals surface area (Å²) in [7, 11) is 1.52. The summed E-state index contributed by atoms with van der Waals surface area (Å²) in [6.07, 6.45) is 7.91. The molecule has 4 fully saturated rings. The van der Waals surface area contributed by atoms with Gasteiger partial charge in [-0.15, -0.1) is 0 Å². The zero-order valence-corrected chi connectivity index (χ0v) is 29.4. The maximum Gasteiger partial charge on any atom is 0.331 e. The van der Waals surface area contributed by atoms with Crippen LogP contribution >= 0.6 is 0 Å².